The molecule has 18 heavy (non-hydrogen) atoms. The number of methoxy groups -OCH3 is 1. The van der Waals surface area contributed by atoms with Crippen molar-refractivity contribution in [2.45, 2.75) is 26.3 Å². The van der Waals surface area contributed by atoms with Crippen LogP contribution in [0.25, 0.3) is 0 Å². The quantitative estimate of drug-likeness (QED) is 0.513. The van der Waals surface area contributed by atoms with E-state index in [1.54, 1.807) is 0 Å². The molecule has 7 heteroatoms. The smallest absolute Gasteiger partial charge is 0.328 e. The summed E-state index contributed by atoms with van der Waals surface area (Å²) >= 11 is 11.5. The highest BCUT2D eigenvalue weighted by Gasteiger charge is 2.21. The third-order valence-electron chi connectivity index (χ3n) is 2.18. The first-order chi connectivity index (χ1) is 8.42. The van der Waals surface area contributed by atoms with E-state index in [4.69, 9.17) is 27.9 Å². The Labute approximate surface area is 116 Å². The third kappa shape index (κ3) is 4.66. The summed E-state index contributed by atoms with van der Waals surface area (Å²) in [5, 5.41) is 3.19. The topological polar surface area (TPSA) is 64.1 Å². The maximum absolute atomic E-state index is 11.6. The predicted molar refractivity (Wildman–Crippen MR) is 70.9 cm³/mol. The highest BCUT2D eigenvalue weighted by molar-refractivity contribution is 6.32. The van der Waals surface area contributed by atoms with Gasteiger partial charge in [0.15, 0.2) is 0 Å². The van der Waals surface area contributed by atoms with Gasteiger partial charge in [0.05, 0.1) is 7.11 Å². The lowest BCUT2D eigenvalue weighted by atomic mass is 10.0. The minimum Gasteiger partial charge on any atom is -0.467 e. The van der Waals surface area contributed by atoms with Crippen LogP contribution in [-0.4, -0.2) is 29.1 Å². The lowest BCUT2D eigenvalue weighted by molar-refractivity contribution is -0.141. The van der Waals surface area contributed by atoms with Gasteiger partial charge in [-0.2, -0.15) is 0 Å². The fourth-order valence-electron chi connectivity index (χ4n) is 1.47. The van der Waals surface area contributed by atoms with Crippen molar-refractivity contribution in [3.05, 3.63) is 16.5 Å². The van der Waals surface area contributed by atoms with Crippen LogP contribution in [0, 0.1) is 5.92 Å². The monoisotopic (exact) mass is 291 g/mol. The molecule has 5 nitrogen and oxygen atoms in total. The number of esters is 1. The Morgan fingerprint density at radius 2 is 2.11 bits per heavy atom. The van der Waals surface area contributed by atoms with Crippen molar-refractivity contribution in [2.75, 3.05) is 12.4 Å². The number of aromatic nitrogens is 2. The van der Waals surface area contributed by atoms with Crippen LogP contribution in [0.15, 0.2) is 6.07 Å². The second kappa shape index (κ2) is 6.75. The fourth-order valence-corrected chi connectivity index (χ4v) is 1.88. The molecule has 1 atom stereocenters. The van der Waals surface area contributed by atoms with Gasteiger partial charge in [0.25, 0.3) is 0 Å². The lowest BCUT2D eigenvalue weighted by Crippen LogP contribution is -2.32. The molecule has 0 saturated heterocycles. The zero-order valence-electron chi connectivity index (χ0n) is 10.4. The van der Waals surface area contributed by atoms with Crippen molar-refractivity contribution in [2.24, 2.45) is 5.92 Å². The van der Waals surface area contributed by atoms with Gasteiger partial charge in [-0.05, 0) is 23.9 Å². The zero-order chi connectivity index (χ0) is 13.7. The number of nitrogens with zero attached hydrogens (tertiary/aromatic N) is 2. The van der Waals surface area contributed by atoms with Gasteiger partial charge in [0.1, 0.15) is 17.0 Å². The minimum atomic E-state index is -0.489. The van der Waals surface area contributed by atoms with E-state index in [2.05, 4.69) is 15.3 Å². The number of hydrogen-bond acceptors (Lipinski definition) is 5. The highest BCUT2D eigenvalue weighted by Crippen LogP contribution is 2.17. The van der Waals surface area contributed by atoms with Crippen LogP contribution in [0.1, 0.15) is 20.3 Å². The number of anilines is 1. The van der Waals surface area contributed by atoms with Crippen molar-refractivity contribution in [3.8, 4) is 0 Å². The number of carbonyl (C=O) groups is 1. The molecule has 1 N–H and O–H groups in total. The van der Waals surface area contributed by atoms with Crippen LogP contribution in [0.3, 0.4) is 0 Å². The van der Waals surface area contributed by atoms with E-state index in [1.165, 1.54) is 13.2 Å². The first-order valence-electron chi connectivity index (χ1n) is 5.46. The standard InChI is InChI=1S/C11H15Cl2N3O2/c1-6(2)4-7(10(17)18-3)14-9-5-8(12)15-11(13)16-9/h5-7H,4H2,1-3H3,(H,14,15,16)/t7-/m1/s1. The molecule has 0 aliphatic heterocycles. The lowest BCUT2D eigenvalue weighted by Gasteiger charge is -2.18. The molecule has 0 radical (unpaired) electrons. The molecule has 1 aromatic rings. The van der Waals surface area contributed by atoms with Gasteiger partial charge >= 0.3 is 5.97 Å². The van der Waals surface area contributed by atoms with Crippen molar-refractivity contribution < 1.29 is 9.53 Å². The molecule has 1 rings (SSSR count). The molecule has 0 fully saturated rings. The predicted octanol–water partition coefficient (Wildman–Crippen LogP) is 2.78. The maximum Gasteiger partial charge on any atom is 0.328 e. The van der Waals surface area contributed by atoms with Crippen LogP contribution in [-0.2, 0) is 9.53 Å². The number of ether oxygens (including phenoxy) is 1. The van der Waals surface area contributed by atoms with Gasteiger partial charge in [-0.25, -0.2) is 14.8 Å². The van der Waals surface area contributed by atoms with E-state index < -0.39 is 6.04 Å². The average molecular weight is 292 g/mol. The van der Waals surface area contributed by atoms with Gasteiger partial charge < -0.3 is 10.1 Å². The van der Waals surface area contributed by atoms with Crippen LogP contribution in [0.5, 0.6) is 0 Å². The molecule has 0 amide bonds. The Bertz CT molecular complexity index is 406. The molecule has 0 bridgehead atoms. The summed E-state index contributed by atoms with van der Waals surface area (Å²) in [6.45, 7) is 4.02. The van der Waals surface area contributed by atoms with Crippen LogP contribution in [0.2, 0.25) is 10.4 Å². The Morgan fingerprint density at radius 3 is 2.61 bits per heavy atom. The second-order valence-electron chi connectivity index (χ2n) is 4.19. The van der Waals surface area contributed by atoms with E-state index in [1.807, 2.05) is 13.8 Å². The van der Waals surface area contributed by atoms with Gasteiger partial charge in [0, 0.05) is 6.07 Å². The molecule has 0 saturated carbocycles. The van der Waals surface area contributed by atoms with Gasteiger partial charge in [-0.3, -0.25) is 0 Å². The summed E-state index contributed by atoms with van der Waals surface area (Å²) in [5.74, 6) is 0.375. The van der Waals surface area contributed by atoms with Gasteiger partial charge in [-0.1, -0.05) is 25.4 Å². The Balaban J connectivity index is 2.84. The van der Waals surface area contributed by atoms with E-state index in [0.29, 0.717) is 18.2 Å². The number of hydrogen-bond donors (Lipinski definition) is 1. The van der Waals surface area contributed by atoms with Crippen molar-refractivity contribution >= 4 is 35.0 Å². The summed E-state index contributed by atoms with van der Waals surface area (Å²) in [6, 6.07) is 1.01. The molecule has 0 aromatic carbocycles. The fraction of sp³-hybridized carbons (Fsp3) is 0.545. The summed E-state index contributed by atoms with van der Waals surface area (Å²) in [5.41, 5.74) is 0. The summed E-state index contributed by atoms with van der Waals surface area (Å²) < 4.78 is 4.74. The van der Waals surface area contributed by atoms with Crippen molar-refractivity contribution in [3.63, 3.8) is 0 Å². The molecule has 0 unspecified atom stereocenters. The second-order valence-corrected chi connectivity index (χ2v) is 4.92. The largest absolute Gasteiger partial charge is 0.467 e. The SMILES string of the molecule is COC(=O)[C@@H](CC(C)C)Nc1cc(Cl)nc(Cl)n1. The van der Waals surface area contributed by atoms with E-state index in [-0.39, 0.29) is 16.4 Å². The number of nitrogens with one attached hydrogen (secondary N) is 1. The maximum atomic E-state index is 11.6. The zero-order valence-corrected chi connectivity index (χ0v) is 11.9. The highest BCUT2D eigenvalue weighted by atomic mass is 35.5. The summed E-state index contributed by atoms with van der Waals surface area (Å²) in [7, 11) is 1.34. The molecule has 1 heterocycles. The molecule has 100 valence electrons. The molecular formula is C11H15Cl2N3O2. The molecule has 1 aromatic heterocycles. The van der Waals surface area contributed by atoms with E-state index in [0.717, 1.165) is 0 Å². The Hall–Kier alpha value is -1.07. The molecule has 0 spiro atoms. The summed E-state index contributed by atoms with van der Waals surface area (Å²) in [6.07, 6.45) is 0.617. The molecular weight excluding hydrogens is 277 g/mol. The number of carbonyl (C=O) groups excluding carboxylic acids is 1. The Kier molecular flexibility index (Phi) is 5.62. The van der Waals surface area contributed by atoms with Gasteiger partial charge in [0.2, 0.25) is 5.28 Å². The number of rotatable bonds is 5. The van der Waals surface area contributed by atoms with Crippen LogP contribution < -0.4 is 5.32 Å². The van der Waals surface area contributed by atoms with E-state index >= 15 is 0 Å². The van der Waals surface area contributed by atoms with Crippen molar-refractivity contribution in [1.82, 2.24) is 9.97 Å². The average Bonchev–Trinajstić information content (AvgIpc) is 2.25. The van der Waals surface area contributed by atoms with Crippen LogP contribution >= 0.6 is 23.2 Å². The van der Waals surface area contributed by atoms with Gasteiger partial charge in [-0.15, -0.1) is 0 Å². The van der Waals surface area contributed by atoms with E-state index in [9.17, 15) is 4.79 Å². The van der Waals surface area contributed by atoms with Crippen LogP contribution in [0.4, 0.5) is 5.82 Å². The minimum absolute atomic E-state index is 0.0261. The molecule has 0 aliphatic rings. The van der Waals surface area contributed by atoms with Crippen molar-refractivity contribution in [1.29, 1.82) is 0 Å². The first kappa shape index (κ1) is 15.0. The Morgan fingerprint density at radius 1 is 1.44 bits per heavy atom. The third-order valence-corrected chi connectivity index (χ3v) is 2.55. The number of halogens is 2. The first-order valence-corrected chi connectivity index (χ1v) is 6.22. The normalized spacial score (nSPS) is 12.3. The molecule has 0 aliphatic carbocycles. The summed E-state index contributed by atoms with van der Waals surface area (Å²) in [4.78, 5) is 19.3.